The number of rotatable bonds is 3. The van der Waals surface area contributed by atoms with Crippen LogP contribution in [-0.2, 0) is 6.42 Å². The second kappa shape index (κ2) is 4.66. The molecule has 0 aliphatic rings. The Kier molecular flexibility index (Phi) is 3.05. The zero-order chi connectivity index (χ0) is 10.5. The monoisotopic (exact) mass is 199 g/mol. The lowest BCUT2D eigenvalue weighted by Crippen LogP contribution is -2.02. The molecule has 0 aliphatic carbocycles. The first-order chi connectivity index (χ1) is 7.40. The fourth-order valence-corrected chi connectivity index (χ4v) is 1.46. The van der Waals surface area contributed by atoms with Gasteiger partial charge in [0.2, 0.25) is 0 Å². The summed E-state index contributed by atoms with van der Waals surface area (Å²) in [5, 5.41) is 0. The van der Waals surface area contributed by atoms with Gasteiger partial charge in [-0.3, -0.25) is 9.97 Å². The molecular weight excluding hydrogens is 186 g/mol. The van der Waals surface area contributed by atoms with Gasteiger partial charge in [-0.15, -0.1) is 0 Å². The molecule has 76 valence electrons. The zero-order valence-electron chi connectivity index (χ0n) is 8.43. The van der Waals surface area contributed by atoms with Crippen LogP contribution in [0.3, 0.4) is 0 Å². The van der Waals surface area contributed by atoms with E-state index in [4.69, 9.17) is 5.73 Å². The Morgan fingerprint density at radius 2 is 1.87 bits per heavy atom. The van der Waals surface area contributed by atoms with Crippen molar-refractivity contribution in [2.24, 2.45) is 5.73 Å². The van der Waals surface area contributed by atoms with Crippen LogP contribution < -0.4 is 5.73 Å². The molecule has 3 nitrogen and oxygen atoms in total. The topological polar surface area (TPSA) is 51.8 Å². The summed E-state index contributed by atoms with van der Waals surface area (Å²) < 4.78 is 0. The lowest BCUT2D eigenvalue weighted by molar-refractivity contribution is 0.969. The maximum atomic E-state index is 5.49. The van der Waals surface area contributed by atoms with Crippen LogP contribution in [0.15, 0.2) is 42.9 Å². The van der Waals surface area contributed by atoms with E-state index in [1.165, 1.54) is 5.56 Å². The quantitative estimate of drug-likeness (QED) is 0.817. The molecule has 1 aromatic heterocycles. The number of hydrogen-bond donors (Lipinski definition) is 1. The van der Waals surface area contributed by atoms with Gasteiger partial charge in [0.1, 0.15) is 0 Å². The fourth-order valence-electron chi connectivity index (χ4n) is 1.46. The first-order valence-electron chi connectivity index (χ1n) is 4.95. The van der Waals surface area contributed by atoms with E-state index >= 15 is 0 Å². The van der Waals surface area contributed by atoms with Gasteiger partial charge in [-0.2, -0.15) is 0 Å². The molecule has 0 unspecified atom stereocenters. The number of nitrogens with two attached hydrogens (primary N) is 1. The minimum absolute atomic E-state index is 0.685. The van der Waals surface area contributed by atoms with E-state index in [2.05, 4.69) is 34.2 Å². The van der Waals surface area contributed by atoms with Crippen molar-refractivity contribution < 1.29 is 0 Å². The molecule has 0 fully saturated rings. The molecule has 2 N–H and O–H groups in total. The second-order valence-electron chi connectivity index (χ2n) is 3.33. The fraction of sp³-hybridized carbons (Fsp3) is 0.167. The maximum Gasteiger partial charge on any atom is 0.0885 e. The van der Waals surface area contributed by atoms with E-state index in [0.29, 0.717) is 6.54 Å². The molecule has 0 saturated heterocycles. The summed E-state index contributed by atoms with van der Waals surface area (Å²) in [6, 6.07) is 8.26. The molecule has 0 atom stereocenters. The smallest absolute Gasteiger partial charge is 0.0885 e. The molecule has 2 rings (SSSR count). The Morgan fingerprint density at radius 1 is 1.07 bits per heavy atom. The van der Waals surface area contributed by atoms with Gasteiger partial charge in [0.25, 0.3) is 0 Å². The van der Waals surface area contributed by atoms with Gasteiger partial charge >= 0.3 is 0 Å². The Hall–Kier alpha value is -1.74. The summed E-state index contributed by atoms with van der Waals surface area (Å²) in [5.41, 5.74) is 8.73. The number of aromatic nitrogens is 2. The average Bonchev–Trinajstić information content (AvgIpc) is 2.32. The van der Waals surface area contributed by atoms with Crippen molar-refractivity contribution in [3.8, 4) is 11.3 Å². The van der Waals surface area contributed by atoms with Gasteiger partial charge in [0, 0.05) is 18.0 Å². The minimum Gasteiger partial charge on any atom is -0.330 e. The lowest BCUT2D eigenvalue weighted by Gasteiger charge is -2.01. The summed E-state index contributed by atoms with van der Waals surface area (Å²) in [6.07, 6.45) is 6.05. The molecule has 0 bridgehead atoms. The molecule has 3 heteroatoms. The van der Waals surface area contributed by atoms with Gasteiger partial charge in [0.15, 0.2) is 0 Å². The Bertz CT molecular complexity index is 409. The van der Waals surface area contributed by atoms with Crippen LogP contribution in [0.25, 0.3) is 11.3 Å². The summed E-state index contributed by atoms with van der Waals surface area (Å²) >= 11 is 0. The Balaban J connectivity index is 2.24. The highest BCUT2D eigenvalue weighted by Gasteiger charge is 1.98. The lowest BCUT2D eigenvalue weighted by atomic mass is 10.1. The minimum atomic E-state index is 0.685. The van der Waals surface area contributed by atoms with E-state index in [0.717, 1.165) is 17.7 Å². The van der Waals surface area contributed by atoms with Crippen LogP contribution >= 0.6 is 0 Å². The number of hydrogen-bond acceptors (Lipinski definition) is 3. The van der Waals surface area contributed by atoms with Gasteiger partial charge in [-0.25, -0.2) is 0 Å². The molecule has 0 radical (unpaired) electrons. The molecular formula is C12H13N3. The molecule has 2 aromatic rings. The maximum absolute atomic E-state index is 5.49. The number of nitrogens with zero attached hydrogens (tertiary/aromatic N) is 2. The Morgan fingerprint density at radius 3 is 2.47 bits per heavy atom. The van der Waals surface area contributed by atoms with Gasteiger partial charge in [-0.1, -0.05) is 24.3 Å². The van der Waals surface area contributed by atoms with Crippen molar-refractivity contribution in [2.75, 3.05) is 6.54 Å². The van der Waals surface area contributed by atoms with E-state index < -0.39 is 0 Å². The normalized spacial score (nSPS) is 10.2. The second-order valence-corrected chi connectivity index (χ2v) is 3.33. The zero-order valence-corrected chi connectivity index (χ0v) is 8.43. The summed E-state index contributed by atoms with van der Waals surface area (Å²) in [5.74, 6) is 0. The predicted octanol–water partition coefficient (Wildman–Crippen LogP) is 1.64. The van der Waals surface area contributed by atoms with Crippen molar-refractivity contribution in [3.05, 3.63) is 48.4 Å². The molecule has 0 amide bonds. The van der Waals surface area contributed by atoms with Crippen LogP contribution in [-0.4, -0.2) is 16.5 Å². The Labute approximate surface area is 89.0 Å². The van der Waals surface area contributed by atoms with Crippen molar-refractivity contribution in [2.45, 2.75) is 6.42 Å². The molecule has 0 saturated carbocycles. The van der Waals surface area contributed by atoms with Crippen LogP contribution in [0, 0.1) is 0 Å². The van der Waals surface area contributed by atoms with Crippen molar-refractivity contribution in [1.29, 1.82) is 0 Å². The third-order valence-corrected chi connectivity index (χ3v) is 2.25. The highest BCUT2D eigenvalue weighted by molar-refractivity contribution is 5.58. The SMILES string of the molecule is NCCc1ccc(-c2cnccn2)cc1. The largest absolute Gasteiger partial charge is 0.330 e. The van der Waals surface area contributed by atoms with Crippen LogP contribution in [0.1, 0.15) is 5.56 Å². The summed E-state index contributed by atoms with van der Waals surface area (Å²) in [6.45, 7) is 0.685. The van der Waals surface area contributed by atoms with Gasteiger partial charge in [0.05, 0.1) is 11.9 Å². The molecule has 1 heterocycles. The highest BCUT2D eigenvalue weighted by Crippen LogP contribution is 2.15. The van der Waals surface area contributed by atoms with Crippen LogP contribution in [0.5, 0.6) is 0 Å². The third kappa shape index (κ3) is 2.39. The molecule has 15 heavy (non-hydrogen) atoms. The van der Waals surface area contributed by atoms with E-state index in [1.807, 2.05) is 0 Å². The van der Waals surface area contributed by atoms with Crippen LogP contribution in [0.2, 0.25) is 0 Å². The first-order valence-corrected chi connectivity index (χ1v) is 4.95. The van der Waals surface area contributed by atoms with Crippen molar-refractivity contribution in [3.63, 3.8) is 0 Å². The van der Waals surface area contributed by atoms with Crippen molar-refractivity contribution >= 4 is 0 Å². The van der Waals surface area contributed by atoms with E-state index in [9.17, 15) is 0 Å². The van der Waals surface area contributed by atoms with Gasteiger partial charge < -0.3 is 5.73 Å². The molecule has 0 spiro atoms. The van der Waals surface area contributed by atoms with Crippen LogP contribution in [0.4, 0.5) is 0 Å². The van der Waals surface area contributed by atoms with Crippen molar-refractivity contribution in [1.82, 2.24) is 9.97 Å². The summed E-state index contributed by atoms with van der Waals surface area (Å²) in [7, 11) is 0. The highest BCUT2D eigenvalue weighted by atomic mass is 14.8. The van der Waals surface area contributed by atoms with E-state index in [-0.39, 0.29) is 0 Å². The standard InChI is InChI=1S/C12H13N3/c13-6-5-10-1-3-11(4-2-10)12-9-14-7-8-15-12/h1-4,7-9H,5-6,13H2. The average molecular weight is 199 g/mol. The predicted molar refractivity (Wildman–Crippen MR) is 60.2 cm³/mol. The molecule has 1 aromatic carbocycles. The third-order valence-electron chi connectivity index (χ3n) is 2.25. The molecule has 0 aliphatic heterocycles. The van der Waals surface area contributed by atoms with Gasteiger partial charge in [-0.05, 0) is 18.5 Å². The number of benzene rings is 1. The first kappa shape index (κ1) is 9.80. The van der Waals surface area contributed by atoms with E-state index in [1.54, 1.807) is 18.6 Å². The summed E-state index contributed by atoms with van der Waals surface area (Å²) in [4.78, 5) is 8.27.